The van der Waals surface area contributed by atoms with Gasteiger partial charge in [0.1, 0.15) is 0 Å². The Hall–Kier alpha value is -0.300. The van der Waals surface area contributed by atoms with Crippen molar-refractivity contribution in [3.8, 4) is 0 Å². The van der Waals surface area contributed by atoms with E-state index in [9.17, 15) is 19.0 Å². The number of hydrogen-bond acceptors (Lipinski definition) is 4. The van der Waals surface area contributed by atoms with Gasteiger partial charge in [0.2, 0.25) is 5.92 Å². The predicted molar refractivity (Wildman–Crippen MR) is 70.8 cm³/mol. The number of hydrogen-bond donors (Lipinski definition) is 3. The van der Waals surface area contributed by atoms with Crippen LogP contribution in [0, 0.1) is 0 Å². The summed E-state index contributed by atoms with van der Waals surface area (Å²) in [6.07, 6.45) is 1.64. The summed E-state index contributed by atoms with van der Waals surface area (Å²) < 4.78 is 31.7. The summed E-state index contributed by atoms with van der Waals surface area (Å²) >= 11 is 0. The maximum Gasteiger partial charge on any atom is 0.249 e. The Morgan fingerprint density at radius 1 is 1.25 bits per heavy atom. The van der Waals surface area contributed by atoms with E-state index in [1.54, 1.807) is 0 Å². The van der Waals surface area contributed by atoms with Crippen molar-refractivity contribution in [3.05, 3.63) is 0 Å². The Morgan fingerprint density at radius 2 is 1.95 bits per heavy atom. The Balaban J connectivity index is 1.70. The van der Waals surface area contributed by atoms with Gasteiger partial charge in [0, 0.05) is 45.1 Å². The molecular weight excluding hydrogens is 268 g/mol. The standard InChI is InChI=1S/C14H25F2NO3/c15-14(16)3-1-2-11(8-14)17-10-12(18)9-13(19)4-6-20-7-5-13/h11-12,17-19H,1-10H2. The molecule has 1 aliphatic carbocycles. The molecule has 3 N–H and O–H groups in total. The van der Waals surface area contributed by atoms with E-state index in [1.165, 1.54) is 0 Å². The van der Waals surface area contributed by atoms with Crippen LogP contribution in [-0.2, 0) is 4.74 Å². The van der Waals surface area contributed by atoms with Gasteiger partial charge in [-0.3, -0.25) is 0 Å². The van der Waals surface area contributed by atoms with Crippen molar-refractivity contribution >= 4 is 0 Å². The van der Waals surface area contributed by atoms with Gasteiger partial charge in [-0.05, 0) is 25.7 Å². The van der Waals surface area contributed by atoms with Crippen LogP contribution in [0.4, 0.5) is 8.78 Å². The number of rotatable bonds is 5. The first-order valence-electron chi connectivity index (χ1n) is 7.48. The summed E-state index contributed by atoms with van der Waals surface area (Å²) in [6.45, 7) is 1.26. The molecule has 1 saturated heterocycles. The van der Waals surface area contributed by atoms with Crippen LogP contribution in [0.3, 0.4) is 0 Å². The lowest BCUT2D eigenvalue weighted by Gasteiger charge is -2.35. The summed E-state index contributed by atoms with van der Waals surface area (Å²) in [5.74, 6) is -2.58. The van der Waals surface area contributed by atoms with Crippen molar-refractivity contribution in [3.63, 3.8) is 0 Å². The number of alkyl halides is 2. The minimum absolute atomic E-state index is 0.0342. The zero-order valence-corrected chi connectivity index (χ0v) is 11.8. The van der Waals surface area contributed by atoms with Crippen molar-refractivity contribution in [2.45, 2.75) is 68.6 Å². The van der Waals surface area contributed by atoms with Gasteiger partial charge >= 0.3 is 0 Å². The first-order chi connectivity index (χ1) is 9.39. The van der Waals surface area contributed by atoms with Crippen molar-refractivity contribution in [2.24, 2.45) is 0 Å². The van der Waals surface area contributed by atoms with Crippen LogP contribution >= 0.6 is 0 Å². The first-order valence-corrected chi connectivity index (χ1v) is 7.48. The molecule has 0 aromatic heterocycles. The van der Waals surface area contributed by atoms with Gasteiger partial charge in [-0.1, -0.05) is 0 Å². The third kappa shape index (κ3) is 4.91. The number of ether oxygens (including phenoxy) is 1. The Labute approximate surface area is 118 Å². The second-order valence-corrected chi connectivity index (χ2v) is 6.25. The zero-order chi connectivity index (χ0) is 14.6. The van der Waals surface area contributed by atoms with E-state index in [4.69, 9.17) is 4.74 Å². The van der Waals surface area contributed by atoms with Crippen molar-refractivity contribution < 1.29 is 23.7 Å². The van der Waals surface area contributed by atoms with Crippen LogP contribution in [-0.4, -0.2) is 53.6 Å². The Bertz CT molecular complexity index is 309. The van der Waals surface area contributed by atoms with Crippen LogP contribution in [0.25, 0.3) is 0 Å². The van der Waals surface area contributed by atoms with E-state index in [-0.39, 0.29) is 31.8 Å². The van der Waals surface area contributed by atoms with Crippen LogP contribution in [0.2, 0.25) is 0 Å². The molecule has 1 saturated carbocycles. The molecule has 2 unspecified atom stereocenters. The molecule has 1 aliphatic heterocycles. The molecule has 0 bridgehead atoms. The summed E-state index contributed by atoms with van der Waals surface area (Å²) in [5.41, 5.74) is -0.879. The molecule has 0 radical (unpaired) electrons. The zero-order valence-electron chi connectivity index (χ0n) is 11.8. The summed E-state index contributed by atoms with van der Waals surface area (Å²) in [4.78, 5) is 0. The Morgan fingerprint density at radius 3 is 2.60 bits per heavy atom. The fourth-order valence-electron chi connectivity index (χ4n) is 3.11. The quantitative estimate of drug-likeness (QED) is 0.718. The Kier molecular flexibility index (Phi) is 5.34. The van der Waals surface area contributed by atoms with Gasteiger partial charge in [-0.15, -0.1) is 0 Å². The first kappa shape index (κ1) is 16.1. The molecule has 1 heterocycles. The maximum atomic E-state index is 13.3. The molecule has 0 spiro atoms. The van der Waals surface area contributed by atoms with Gasteiger partial charge in [-0.2, -0.15) is 0 Å². The third-order valence-corrected chi connectivity index (χ3v) is 4.32. The number of halogens is 2. The SMILES string of the molecule is OC(CNC1CCCC(F)(F)C1)CC1(O)CCOCC1. The highest BCUT2D eigenvalue weighted by Gasteiger charge is 2.37. The number of aliphatic hydroxyl groups is 2. The molecule has 118 valence electrons. The molecule has 6 heteroatoms. The van der Waals surface area contributed by atoms with E-state index >= 15 is 0 Å². The molecule has 2 fully saturated rings. The molecular formula is C14H25F2NO3. The maximum absolute atomic E-state index is 13.3. The molecule has 2 rings (SSSR count). The largest absolute Gasteiger partial charge is 0.392 e. The highest BCUT2D eigenvalue weighted by atomic mass is 19.3. The molecule has 4 nitrogen and oxygen atoms in total. The van der Waals surface area contributed by atoms with E-state index < -0.39 is 17.6 Å². The molecule has 0 aromatic carbocycles. The predicted octanol–water partition coefficient (Wildman–Crippen LogP) is 1.45. The van der Waals surface area contributed by atoms with Crippen molar-refractivity contribution in [2.75, 3.05) is 19.8 Å². The summed E-state index contributed by atoms with van der Waals surface area (Å²) in [5, 5.41) is 23.3. The number of aliphatic hydroxyl groups excluding tert-OH is 1. The summed E-state index contributed by atoms with van der Waals surface area (Å²) in [6, 6.07) is -0.238. The van der Waals surface area contributed by atoms with Gasteiger partial charge in [0.15, 0.2) is 0 Å². The van der Waals surface area contributed by atoms with Crippen molar-refractivity contribution in [1.82, 2.24) is 5.32 Å². The molecule has 2 atom stereocenters. The number of nitrogens with one attached hydrogen (secondary N) is 1. The lowest BCUT2D eigenvalue weighted by Crippen LogP contribution is -2.45. The van der Waals surface area contributed by atoms with E-state index in [1.807, 2.05) is 0 Å². The topological polar surface area (TPSA) is 61.7 Å². The average molecular weight is 293 g/mol. The second kappa shape index (κ2) is 6.64. The minimum atomic E-state index is -2.58. The van der Waals surface area contributed by atoms with Crippen LogP contribution < -0.4 is 5.32 Å². The second-order valence-electron chi connectivity index (χ2n) is 6.25. The third-order valence-electron chi connectivity index (χ3n) is 4.32. The lowest BCUT2D eigenvalue weighted by molar-refractivity contribution is -0.0873. The molecule has 0 amide bonds. The monoisotopic (exact) mass is 293 g/mol. The van der Waals surface area contributed by atoms with Crippen LogP contribution in [0.5, 0.6) is 0 Å². The fraction of sp³-hybridized carbons (Fsp3) is 1.00. The average Bonchev–Trinajstić information content (AvgIpc) is 2.35. The lowest BCUT2D eigenvalue weighted by atomic mass is 9.88. The van der Waals surface area contributed by atoms with Gasteiger partial charge in [0.05, 0.1) is 11.7 Å². The fourth-order valence-corrected chi connectivity index (χ4v) is 3.11. The van der Waals surface area contributed by atoms with E-state index in [2.05, 4.69) is 5.32 Å². The highest BCUT2D eigenvalue weighted by molar-refractivity contribution is 4.87. The van der Waals surface area contributed by atoms with Gasteiger partial charge in [-0.25, -0.2) is 8.78 Å². The molecule has 20 heavy (non-hydrogen) atoms. The van der Waals surface area contributed by atoms with Gasteiger partial charge < -0.3 is 20.3 Å². The van der Waals surface area contributed by atoms with E-state index in [0.29, 0.717) is 32.5 Å². The van der Waals surface area contributed by atoms with Crippen molar-refractivity contribution in [1.29, 1.82) is 0 Å². The summed E-state index contributed by atoms with van der Waals surface area (Å²) in [7, 11) is 0. The van der Waals surface area contributed by atoms with Gasteiger partial charge in [0.25, 0.3) is 0 Å². The minimum Gasteiger partial charge on any atom is -0.392 e. The highest BCUT2D eigenvalue weighted by Crippen LogP contribution is 2.33. The van der Waals surface area contributed by atoms with E-state index in [0.717, 1.165) is 6.42 Å². The molecule has 2 aliphatic rings. The smallest absolute Gasteiger partial charge is 0.249 e. The molecule has 0 aromatic rings. The normalized spacial score (nSPS) is 30.9. The van der Waals surface area contributed by atoms with Crippen LogP contribution in [0.1, 0.15) is 44.9 Å². The van der Waals surface area contributed by atoms with Crippen LogP contribution in [0.15, 0.2) is 0 Å².